The molecule has 22 heavy (non-hydrogen) atoms. The minimum Gasteiger partial charge on any atom is -0.388 e. The van der Waals surface area contributed by atoms with Crippen molar-refractivity contribution in [3.63, 3.8) is 0 Å². The molecule has 0 radical (unpaired) electrons. The van der Waals surface area contributed by atoms with Crippen molar-refractivity contribution < 1.29 is 9.50 Å². The molecule has 0 amide bonds. The molecule has 1 N–H and O–H groups in total. The van der Waals surface area contributed by atoms with Crippen molar-refractivity contribution in [3.05, 3.63) is 47.0 Å². The Bertz CT molecular complexity index is 787. The lowest BCUT2D eigenvalue weighted by molar-refractivity contribution is 0.266. The molecule has 3 rings (SSSR count). The van der Waals surface area contributed by atoms with Crippen LogP contribution < -0.4 is 0 Å². The van der Waals surface area contributed by atoms with Crippen molar-refractivity contribution in [2.75, 3.05) is 0 Å². The quantitative estimate of drug-likeness (QED) is 0.726. The number of aliphatic hydroxyl groups is 1. The zero-order valence-corrected chi connectivity index (χ0v) is 13.4. The number of thioether (sulfide) groups is 1. The van der Waals surface area contributed by atoms with Gasteiger partial charge in [-0.05, 0) is 12.1 Å². The summed E-state index contributed by atoms with van der Waals surface area (Å²) in [7, 11) is 1.81. The predicted molar refractivity (Wildman–Crippen MR) is 84.0 cm³/mol. The van der Waals surface area contributed by atoms with E-state index in [1.165, 1.54) is 29.2 Å². The molecular formula is C14H13FN4OS2. The van der Waals surface area contributed by atoms with Gasteiger partial charge in [-0.25, -0.2) is 9.37 Å². The molecule has 0 fully saturated rings. The van der Waals surface area contributed by atoms with Crippen molar-refractivity contribution in [3.8, 4) is 10.6 Å². The Labute approximate surface area is 134 Å². The number of thiazole rings is 1. The van der Waals surface area contributed by atoms with E-state index in [0.29, 0.717) is 27.3 Å². The Morgan fingerprint density at radius 1 is 1.32 bits per heavy atom. The van der Waals surface area contributed by atoms with Crippen LogP contribution in [-0.2, 0) is 19.4 Å². The van der Waals surface area contributed by atoms with Crippen LogP contribution in [0.15, 0.2) is 34.8 Å². The average Bonchev–Trinajstić information content (AvgIpc) is 3.12. The van der Waals surface area contributed by atoms with Crippen LogP contribution in [0.3, 0.4) is 0 Å². The van der Waals surface area contributed by atoms with Crippen LogP contribution in [0.25, 0.3) is 10.6 Å². The fourth-order valence-electron chi connectivity index (χ4n) is 1.88. The van der Waals surface area contributed by atoms with Crippen LogP contribution in [0.2, 0.25) is 0 Å². The van der Waals surface area contributed by atoms with Crippen LogP contribution in [-0.4, -0.2) is 24.9 Å². The highest BCUT2D eigenvalue weighted by Gasteiger charge is 2.12. The second-order valence-electron chi connectivity index (χ2n) is 4.53. The molecule has 0 unspecified atom stereocenters. The summed E-state index contributed by atoms with van der Waals surface area (Å²) in [6.07, 6.45) is 0. The second-order valence-corrected chi connectivity index (χ2v) is 6.33. The number of rotatable bonds is 5. The Kier molecular flexibility index (Phi) is 4.51. The number of hydrogen-bond acceptors (Lipinski definition) is 6. The average molecular weight is 336 g/mol. The maximum Gasteiger partial charge on any atom is 0.191 e. The number of hydrogen-bond donors (Lipinski definition) is 1. The van der Waals surface area contributed by atoms with Gasteiger partial charge in [0.15, 0.2) is 11.0 Å². The van der Waals surface area contributed by atoms with Gasteiger partial charge < -0.3 is 9.67 Å². The Hall–Kier alpha value is -1.77. The number of nitrogens with zero attached hydrogens (tertiary/aromatic N) is 4. The Morgan fingerprint density at radius 3 is 2.86 bits per heavy atom. The molecule has 2 heterocycles. The molecule has 114 valence electrons. The van der Waals surface area contributed by atoms with E-state index >= 15 is 0 Å². The van der Waals surface area contributed by atoms with Crippen LogP contribution >= 0.6 is 23.1 Å². The van der Waals surface area contributed by atoms with Gasteiger partial charge in [-0.2, -0.15) is 0 Å². The SMILES string of the molecule is Cn1c(CO)nnc1SCc1csc(-c2ccccc2F)n1. The zero-order chi connectivity index (χ0) is 15.5. The Balaban J connectivity index is 1.72. The molecule has 0 aliphatic rings. The van der Waals surface area contributed by atoms with E-state index in [9.17, 15) is 4.39 Å². The highest BCUT2D eigenvalue weighted by Crippen LogP contribution is 2.28. The van der Waals surface area contributed by atoms with Gasteiger partial charge in [-0.3, -0.25) is 0 Å². The van der Waals surface area contributed by atoms with E-state index in [1.54, 1.807) is 29.8 Å². The van der Waals surface area contributed by atoms with Crippen LogP contribution in [0.1, 0.15) is 11.5 Å². The fraction of sp³-hybridized carbons (Fsp3) is 0.214. The third kappa shape index (κ3) is 3.03. The summed E-state index contributed by atoms with van der Waals surface area (Å²) >= 11 is 2.90. The van der Waals surface area contributed by atoms with E-state index in [0.717, 1.165) is 5.69 Å². The molecule has 2 aromatic heterocycles. The van der Waals surface area contributed by atoms with Gasteiger partial charge in [-0.1, -0.05) is 23.9 Å². The van der Waals surface area contributed by atoms with Crippen LogP contribution in [0.4, 0.5) is 4.39 Å². The summed E-state index contributed by atoms with van der Waals surface area (Å²) in [6.45, 7) is -0.141. The second kappa shape index (κ2) is 6.55. The van der Waals surface area contributed by atoms with Crippen molar-refractivity contribution in [2.45, 2.75) is 17.5 Å². The van der Waals surface area contributed by atoms with E-state index in [2.05, 4.69) is 15.2 Å². The normalized spacial score (nSPS) is 11.0. The first-order valence-corrected chi connectivity index (χ1v) is 8.37. The Morgan fingerprint density at radius 2 is 2.14 bits per heavy atom. The fourth-order valence-corrected chi connectivity index (χ4v) is 3.65. The van der Waals surface area contributed by atoms with Gasteiger partial charge in [0.2, 0.25) is 0 Å². The molecule has 0 aliphatic heterocycles. The number of aromatic nitrogens is 4. The number of benzene rings is 1. The summed E-state index contributed by atoms with van der Waals surface area (Å²) in [5.74, 6) is 0.868. The lowest BCUT2D eigenvalue weighted by Gasteiger charge is -2.00. The lowest BCUT2D eigenvalue weighted by Crippen LogP contribution is -1.98. The monoisotopic (exact) mass is 336 g/mol. The minimum atomic E-state index is -0.267. The molecule has 0 atom stereocenters. The number of aliphatic hydroxyl groups excluding tert-OH is 1. The zero-order valence-electron chi connectivity index (χ0n) is 11.7. The molecule has 0 saturated heterocycles. The van der Waals surface area contributed by atoms with Gasteiger partial charge in [-0.15, -0.1) is 21.5 Å². The molecule has 0 bridgehead atoms. The third-order valence-corrected chi connectivity index (χ3v) is 5.05. The predicted octanol–water partition coefficient (Wildman–Crippen LogP) is 2.86. The van der Waals surface area contributed by atoms with Gasteiger partial charge in [0, 0.05) is 23.7 Å². The first kappa shape index (κ1) is 15.1. The maximum absolute atomic E-state index is 13.7. The van der Waals surface area contributed by atoms with Gasteiger partial charge in [0.05, 0.1) is 5.69 Å². The molecule has 3 aromatic rings. The summed E-state index contributed by atoms with van der Waals surface area (Å²) in [5, 5.41) is 20.3. The molecule has 0 spiro atoms. The van der Waals surface area contributed by atoms with E-state index in [-0.39, 0.29) is 12.4 Å². The first-order chi connectivity index (χ1) is 10.7. The third-order valence-electron chi connectivity index (χ3n) is 3.07. The maximum atomic E-state index is 13.7. The molecular weight excluding hydrogens is 323 g/mol. The van der Waals surface area contributed by atoms with Crippen molar-refractivity contribution >= 4 is 23.1 Å². The molecule has 1 aromatic carbocycles. The molecule has 0 saturated carbocycles. The first-order valence-electron chi connectivity index (χ1n) is 6.50. The molecule has 5 nitrogen and oxygen atoms in total. The van der Waals surface area contributed by atoms with Gasteiger partial charge in [0.1, 0.15) is 17.4 Å². The van der Waals surface area contributed by atoms with Gasteiger partial charge in [0.25, 0.3) is 0 Å². The molecule has 0 aliphatic carbocycles. The lowest BCUT2D eigenvalue weighted by atomic mass is 10.2. The summed E-state index contributed by atoms with van der Waals surface area (Å²) in [6, 6.07) is 6.61. The number of halogens is 1. The van der Waals surface area contributed by atoms with Crippen LogP contribution in [0, 0.1) is 5.82 Å². The topological polar surface area (TPSA) is 63.8 Å². The highest BCUT2D eigenvalue weighted by atomic mass is 32.2. The standard InChI is InChI=1S/C14H13FN4OS2/c1-19-12(6-20)17-18-14(19)22-8-9-7-21-13(16-9)10-4-2-3-5-11(10)15/h2-5,7,20H,6,8H2,1H3. The summed E-state index contributed by atoms with van der Waals surface area (Å²) < 4.78 is 15.5. The van der Waals surface area contributed by atoms with Gasteiger partial charge >= 0.3 is 0 Å². The van der Waals surface area contributed by atoms with E-state index in [4.69, 9.17) is 5.11 Å². The minimum absolute atomic E-state index is 0.141. The largest absolute Gasteiger partial charge is 0.388 e. The van der Waals surface area contributed by atoms with Crippen molar-refractivity contribution in [1.82, 2.24) is 19.7 Å². The smallest absolute Gasteiger partial charge is 0.191 e. The highest BCUT2D eigenvalue weighted by molar-refractivity contribution is 7.98. The van der Waals surface area contributed by atoms with E-state index < -0.39 is 0 Å². The van der Waals surface area contributed by atoms with Crippen molar-refractivity contribution in [1.29, 1.82) is 0 Å². The van der Waals surface area contributed by atoms with Crippen LogP contribution in [0.5, 0.6) is 0 Å². The molecule has 8 heteroatoms. The summed E-state index contributed by atoms with van der Waals surface area (Å²) in [4.78, 5) is 4.46. The van der Waals surface area contributed by atoms with Crippen molar-refractivity contribution in [2.24, 2.45) is 7.05 Å². The summed E-state index contributed by atoms with van der Waals surface area (Å²) in [5.41, 5.74) is 1.38. The van der Waals surface area contributed by atoms with E-state index in [1.807, 2.05) is 5.38 Å².